The van der Waals surface area contributed by atoms with E-state index in [9.17, 15) is 4.39 Å². The van der Waals surface area contributed by atoms with Crippen molar-refractivity contribution >= 4 is 21.4 Å². The molecular weight excluding hydrogens is 175 g/mol. The first-order chi connectivity index (χ1) is 5.81. The second-order valence-corrected chi connectivity index (χ2v) is 3.51. The molecule has 2 aromatic rings. The summed E-state index contributed by atoms with van der Waals surface area (Å²) in [4.78, 5) is 0. The van der Waals surface area contributed by atoms with Crippen molar-refractivity contribution in [1.29, 1.82) is 0 Å². The summed E-state index contributed by atoms with van der Waals surface area (Å²) in [5, 5.41) is 11.7. The van der Waals surface area contributed by atoms with E-state index in [0.717, 1.165) is 10.1 Å². The molecule has 1 N–H and O–H groups in total. The van der Waals surface area contributed by atoms with Crippen LogP contribution in [-0.4, -0.2) is 5.11 Å². The van der Waals surface area contributed by atoms with E-state index in [1.54, 1.807) is 6.07 Å². The number of aliphatic hydroxyl groups is 1. The molecule has 0 aliphatic carbocycles. The zero-order valence-corrected chi connectivity index (χ0v) is 7.07. The molecule has 0 aliphatic rings. The Labute approximate surface area is 73.1 Å². The summed E-state index contributed by atoms with van der Waals surface area (Å²) >= 11 is 1.50. The van der Waals surface area contributed by atoms with Crippen LogP contribution in [0.3, 0.4) is 0 Å². The van der Waals surface area contributed by atoms with Crippen molar-refractivity contribution in [1.82, 2.24) is 0 Å². The third-order valence-corrected chi connectivity index (χ3v) is 2.67. The number of hydrogen-bond donors (Lipinski definition) is 1. The maximum atomic E-state index is 13.0. The lowest BCUT2D eigenvalue weighted by Crippen LogP contribution is -1.87. The molecule has 1 nitrogen and oxygen atoms in total. The van der Waals surface area contributed by atoms with Crippen molar-refractivity contribution in [3.8, 4) is 0 Å². The van der Waals surface area contributed by atoms with Crippen molar-refractivity contribution in [3.05, 3.63) is 35.0 Å². The highest BCUT2D eigenvalue weighted by Gasteiger charge is 2.03. The molecular formula is C9H7FOS. The molecule has 2 rings (SSSR count). The van der Waals surface area contributed by atoms with Crippen molar-refractivity contribution in [2.45, 2.75) is 6.61 Å². The van der Waals surface area contributed by atoms with Gasteiger partial charge in [-0.05, 0) is 29.0 Å². The van der Waals surface area contributed by atoms with Crippen LogP contribution in [0.2, 0.25) is 0 Å². The van der Waals surface area contributed by atoms with Crippen LogP contribution >= 0.6 is 11.3 Å². The number of benzene rings is 1. The highest BCUT2D eigenvalue weighted by Crippen LogP contribution is 2.23. The summed E-state index contributed by atoms with van der Waals surface area (Å²) in [7, 11) is 0. The average molecular weight is 182 g/mol. The lowest BCUT2D eigenvalue weighted by Gasteiger charge is -1.98. The minimum atomic E-state index is -0.326. The Hall–Kier alpha value is -0.930. The first kappa shape index (κ1) is 7.71. The van der Waals surface area contributed by atoms with Gasteiger partial charge in [-0.15, -0.1) is 11.3 Å². The number of fused-ring (bicyclic) bond motifs is 1. The number of thiophene rings is 1. The zero-order valence-electron chi connectivity index (χ0n) is 6.25. The van der Waals surface area contributed by atoms with Crippen LogP contribution in [-0.2, 0) is 6.61 Å². The second kappa shape index (κ2) is 2.84. The molecule has 0 saturated heterocycles. The lowest BCUT2D eigenvalue weighted by atomic mass is 10.2. The van der Waals surface area contributed by atoms with Gasteiger partial charge in [-0.2, -0.15) is 0 Å². The summed E-state index contributed by atoms with van der Waals surface area (Å²) < 4.78 is 14.0. The van der Waals surface area contributed by atoms with E-state index in [1.807, 2.05) is 11.4 Å². The largest absolute Gasteiger partial charge is 0.392 e. The Balaban J connectivity index is 2.73. The Morgan fingerprint density at radius 1 is 1.42 bits per heavy atom. The molecule has 0 fully saturated rings. The van der Waals surface area contributed by atoms with Gasteiger partial charge >= 0.3 is 0 Å². The van der Waals surface area contributed by atoms with E-state index in [1.165, 1.54) is 17.4 Å². The molecule has 1 aromatic heterocycles. The Kier molecular flexibility index (Phi) is 1.83. The normalized spacial score (nSPS) is 10.8. The molecule has 0 unspecified atom stereocenters. The fraction of sp³-hybridized carbons (Fsp3) is 0.111. The maximum Gasteiger partial charge on any atom is 0.130 e. The first-order valence-electron chi connectivity index (χ1n) is 3.58. The number of rotatable bonds is 1. The third-order valence-electron chi connectivity index (χ3n) is 1.79. The molecule has 0 bridgehead atoms. The van der Waals surface area contributed by atoms with E-state index in [0.29, 0.717) is 5.56 Å². The minimum Gasteiger partial charge on any atom is -0.392 e. The molecule has 0 spiro atoms. The second-order valence-electron chi connectivity index (χ2n) is 2.56. The van der Waals surface area contributed by atoms with E-state index < -0.39 is 0 Å². The summed E-state index contributed by atoms with van der Waals surface area (Å²) in [6, 6.07) is 5.06. The fourth-order valence-electron chi connectivity index (χ4n) is 1.15. The third kappa shape index (κ3) is 1.11. The Morgan fingerprint density at radius 3 is 3.00 bits per heavy atom. The highest BCUT2D eigenvalue weighted by molar-refractivity contribution is 7.17. The van der Waals surface area contributed by atoms with E-state index in [4.69, 9.17) is 5.11 Å². The van der Waals surface area contributed by atoms with Crippen molar-refractivity contribution < 1.29 is 9.50 Å². The molecule has 0 amide bonds. The van der Waals surface area contributed by atoms with Gasteiger partial charge in [-0.1, -0.05) is 0 Å². The van der Waals surface area contributed by atoms with E-state index in [-0.39, 0.29) is 12.4 Å². The van der Waals surface area contributed by atoms with Gasteiger partial charge in [0.15, 0.2) is 0 Å². The van der Waals surface area contributed by atoms with Gasteiger partial charge in [0, 0.05) is 10.3 Å². The van der Waals surface area contributed by atoms with Crippen LogP contribution in [0.25, 0.3) is 10.1 Å². The molecule has 0 aliphatic heterocycles. The lowest BCUT2D eigenvalue weighted by molar-refractivity contribution is 0.276. The molecule has 1 aromatic carbocycles. The Bertz CT molecular complexity index is 408. The van der Waals surface area contributed by atoms with Gasteiger partial charge < -0.3 is 5.11 Å². The quantitative estimate of drug-likeness (QED) is 0.718. The molecule has 3 heteroatoms. The van der Waals surface area contributed by atoms with Crippen LogP contribution in [0.1, 0.15) is 5.56 Å². The van der Waals surface area contributed by atoms with Crippen LogP contribution in [0.5, 0.6) is 0 Å². The molecule has 0 radical (unpaired) electrons. The van der Waals surface area contributed by atoms with Gasteiger partial charge in [-0.25, -0.2) is 4.39 Å². The summed E-state index contributed by atoms with van der Waals surface area (Å²) in [6.07, 6.45) is 0. The molecule has 62 valence electrons. The van der Waals surface area contributed by atoms with Crippen molar-refractivity contribution in [2.24, 2.45) is 0 Å². The summed E-state index contributed by atoms with van der Waals surface area (Å²) in [5.74, 6) is -0.326. The first-order valence-corrected chi connectivity index (χ1v) is 4.45. The maximum absolute atomic E-state index is 13.0. The van der Waals surface area contributed by atoms with Gasteiger partial charge in [0.2, 0.25) is 0 Å². The fourth-order valence-corrected chi connectivity index (χ4v) is 1.95. The van der Waals surface area contributed by atoms with Crippen LogP contribution in [0.4, 0.5) is 4.39 Å². The van der Waals surface area contributed by atoms with Crippen molar-refractivity contribution in [3.63, 3.8) is 0 Å². The van der Waals surface area contributed by atoms with Crippen LogP contribution in [0.15, 0.2) is 23.6 Å². The number of hydrogen-bond acceptors (Lipinski definition) is 2. The average Bonchev–Trinajstić information content (AvgIpc) is 2.49. The number of halogens is 1. The summed E-state index contributed by atoms with van der Waals surface area (Å²) in [5.41, 5.74) is 0.362. The van der Waals surface area contributed by atoms with E-state index in [2.05, 4.69) is 0 Å². The number of aliphatic hydroxyl groups excluding tert-OH is 1. The summed E-state index contributed by atoms with van der Waals surface area (Å²) in [6.45, 7) is -0.238. The molecule has 1 heterocycles. The van der Waals surface area contributed by atoms with Gasteiger partial charge in [0.05, 0.1) is 6.61 Å². The SMILES string of the molecule is OCc1cc2ccsc2cc1F. The molecule has 12 heavy (non-hydrogen) atoms. The molecule has 0 saturated carbocycles. The smallest absolute Gasteiger partial charge is 0.130 e. The van der Waals surface area contributed by atoms with E-state index >= 15 is 0 Å². The predicted octanol–water partition coefficient (Wildman–Crippen LogP) is 2.53. The van der Waals surface area contributed by atoms with Gasteiger partial charge in [0.1, 0.15) is 5.82 Å². The zero-order chi connectivity index (χ0) is 8.55. The van der Waals surface area contributed by atoms with Gasteiger partial charge in [-0.3, -0.25) is 0 Å². The predicted molar refractivity (Wildman–Crippen MR) is 47.7 cm³/mol. The Morgan fingerprint density at radius 2 is 2.25 bits per heavy atom. The standard InChI is InChI=1S/C9H7FOS/c10-8-4-9-6(1-2-12-9)3-7(8)5-11/h1-4,11H,5H2. The highest BCUT2D eigenvalue weighted by atomic mass is 32.1. The van der Waals surface area contributed by atoms with Gasteiger partial charge in [0.25, 0.3) is 0 Å². The molecule has 0 atom stereocenters. The minimum absolute atomic E-state index is 0.238. The van der Waals surface area contributed by atoms with Crippen molar-refractivity contribution in [2.75, 3.05) is 0 Å². The van der Waals surface area contributed by atoms with Crippen LogP contribution < -0.4 is 0 Å². The monoisotopic (exact) mass is 182 g/mol. The topological polar surface area (TPSA) is 20.2 Å². The van der Waals surface area contributed by atoms with Crippen LogP contribution in [0, 0.1) is 5.82 Å².